The minimum absolute atomic E-state index is 0.291. The summed E-state index contributed by atoms with van der Waals surface area (Å²) < 4.78 is 30.0. The van der Waals surface area contributed by atoms with Crippen LogP contribution in [-0.2, 0) is 18.9 Å². The summed E-state index contributed by atoms with van der Waals surface area (Å²) in [6.45, 7) is 8.40. The summed E-state index contributed by atoms with van der Waals surface area (Å²) in [6.07, 6.45) is 5.48. The van der Waals surface area contributed by atoms with E-state index in [9.17, 15) is 0 Å². The summed E-state index contributed by atoms with van der Waals surface area (Å²) in [5.74, 6) is -0.471. The topological polar surface area (TPSA) is 46.2 Å². The molecule has 0 aliphatic carbocycles. The fourth-order valence-electron chi connectivity index (χ4n) is 2.51. The van der Waals surface area contributed by atoms with Crippen LogP contribution in [0, 0.1) is 0 Å². The van der Waals surface area contributed by atoms with Crippen molar-refractivity contribution in [3.8, 4) is 5.75 Å². The van der Waals surface area contributed by atoms with Gasteiger partial charge in [0.15, 0.2) is 6.10 Å². The molecule has 0 aromatic heterocycles. The zero-order valence-corrected chi connectivity index (χ0v) is 17.6. The van der Waals surface area contributed by atoms with Gasteiger partial charge in [0.05, 0.1) is 13.2 Å². The van der Waals surface area contributed by atoms with E-state index >= 15 is 0 Å². The Labute approximate surface area is 165 Å². The molecular weight excluding hydrogens is 344 g/mol. The largest absolute Gasteiger partial charge is 0.491 e. The molecule has 1 atom stereocenters. The van der Waals surface area contributed by atoms with Crippen LogP contribution in [0.1, 0.15) is 59.3 Å². The van der Waals surface area contributed by atoms with Crippen LogP contribution in [-0.4, -0.2) is 45.6 Å². The highest BCUT2D eigenvalue weighted by molar-refractivity contribution is 5.20. The molecule has 5 heteroatoms. The summed E-state index contributed by atoms with van der Waals surface area (Å²) in [5.41, 5.74) is 0. The van der Waals surface area contributed by atoms with E-state index in [0.29, 0.717) is 26.4 Å². The molecule has 0 saturated heterocycles. The number of ether oxygens (including phenoxy) is 5. The molecule has 156 valence electrons. The van der Waals surface area contributed by atoms with Crippen LogP contribution in [0.4, 0.5) is 0 Å². The third kappa shape index (κ3) is 9.06. The van der Waals surface area contributed by atoms with Gasteiger partial charge in [-0.05, 0) is 31.4 Å². The summed E-state index contributed by atoms with van der Waals surface area (Å²) in [5, 5.41) is 0. The van der Waals surface area contributed by atoms with Crippen LogP contribution in [0.25, 0.3) is 0 Å². The molecule has 1 aromatic rings. The second-order valence-corrected chi connectivity index (χ2v) is 6.55. The molecule has 1 rings (SSSR count). The molecule has 0 aliphatic heterocycles. The van der Waals surface area contributed by atoms with E-state index in [1.165, 1.54) is 0 Å². The van der Waals surface area contributed by atoms with Crippen molar-refractivity contribution < 1.29 is 23.7 Å². The van der Waals surface area contributed by atoms with Gasteiger partial charge in [0.2, 0.25) is 0 Å². The molecule has 5 nitrogen and oxygen atoms in total. The van der Waals surface area contributed by atoms with Crippen LogP contribution in [0.5, 0.6) is 5.75 Å². The minimum atomic E-state index is -1.26. The van der Waals surface area contributed by atoms with Gasteiger partial charge in [-0.1, -0.05) is 58.2 Å². The van der Waals surface area contributed by atoms with E-state index < -0.39 is 12.1 Å². The third-order valence-electron chi connectivity index (χ3n) is 4.24. The summed E-state index contributed by atoms with van der Waals surface area (Å²) in [4.78, 5) is 0. The predicted octanol–water partition coefficient (Wildman–Crippen LogP) is 5.18. The lowest BCUT2D eigenvalue weighted by Crippen LogP contribution is -2.53. The Hall–Kier alpha value is -1.14. The molecule has 0 amide bonds. The number of hydrogen-bond donors (Lipinski definition) is 0. The zero-order chi connectivity index (χ0) is 19.8. The molecule has 0 saturated carbocycles. The minimum Gasteiger partial charge on any atom is -0.491 e. The van der Waals surface area contributed by atoms with Gasteiger partial charge in [0.25, 0.3) is 0 Å². The first-order valence-corrected chi connectivity index (χ1v) is 10.3. The predicted molar refractivity (Wildman–Crippen MR) is 108 cm³/mol. The van der Waals surface area contributed by atoms with Crippen molar-refractivity contribution in [1.82, 2.24) is 0 Å². The number of rotatable bonds is 17. The van der Waals surface area contributed by atoms with Gasteiger partial charge in [0, 0.05) is 13.7 Å². The molecule has 0 N–H and O–H groups in total. The maximum Gasteiger partial charge on any atom is 0.314 e. The zero-order valence-electron chi connectivity index (χ0n) is 17.6. The normalized spacial score (nSPS) is 12.9. The van der Waals surface area contributed by atoms with Crippen molar-refractivity contribution in [3.63, 3.8) is 0 Å². The lowest BCUT2D eigenvalue weighted by molar-refractivity contribution is -0.412. The van der Waals surface area contributed by atoms with Gasteiger partial charge in [-0.15, -0.1) is 0 Å². The third-order valence-corrected chi connectivity index (χ3v) is 4.24. The number of unbranched alkanes of at least 4 members (excludes halogenated alkanes) is 3. The monoisotopic (exact) mass is 382 g/mol. The van der Waals surface area contributed by atoms with Crippen LogP contribution in [0.15, 0.2) is 30.3 Å². The Balaban J connectivity index is 2.89. The quantitative estimate of drug-likeness (QED) is 0.274. The standard InChI is InChI=1S/C22H38O5/c1-5-8-16-24-21(19-25-20-14-12-11-13-15-20)22(23-4,26-17-9-6-2)27-18-10-7-3/h11-15,21H,5-10,16-19H2,1-4H3. The first-order chi connectivity index (χ1) is 13.2. The Morgan fingerprint density at radius 1 is 0.815 bits per heavy atom. The molecule has 0 spiro atoms. The van der Waals surface area contributed by atoms with Crippen molar-refractivity contribution in [2.24, 2.45) is 0 Å². The lowest BCUT2D eigenvalue weighted by atomic mass is 10.2. The van der Waals surface area contributed by atoms with Crippen molar-refractivity contribution in [1.29, 1.82) is 0 Å². The molecule has 0 heterocycles. The average molecular weight is 383 g/mol. The van der Waals surface area contributed by atoms with Gasteiger partial charge in [-0.2, -0.15) is 0 Å². The van der Waals surface area contributed by atoms with E-state index in [1.54, 1.807) is 7.11 Å². The number of para-hydroxylation sites is 1. The SMILES string of the molecule is CCCCOC(COc1ccccc1)C(OC)(OCCCC)OCCCC. The fourth-order valence-corrected chi connectivity index (χ4v) is 2.51. The van der Waals surface area contributed by atoms with Crippen molar-refractivity contribution >= 4 is 0 Å². The van der Waals surface area contributed by atoms with Crippen LogP contribution in [0.2, 0.25) is 0 Å². The number of methoxy groups -OCH3 is 1. The van der Waals surface area contributed by atoms with Crippen molar-refractivity contribution in [3.05, 3.63) is 30.3 Å². The van der Waals surface area contributed by atoms with E-state index in [4.69, 9.17) is 23.7 Å². The second kappa shape index (κ2) is 14.9. The number of benzene rings is 1. The van der Waals surface area contributed by atoms with Gasteiger partial charge in [0.1, 0.15) is 12.4 Å². The van der Waals surface area contributed by atoms with Crippen LogP contribution in [0.3, 0.4) is 0 Å². The van der Waals surface area contributed by atoms with E-state index in [1.807, 2.05) is 30.3 Å². The Bertz CT molecular complexity index is 441. The van der Waals surface area contributed by atoms with Crippen LogP contribution >= 0.6 is 0 Å². The molecular formula is C22H38O5. The Morgan fingerprint density at radius 3 is 1.89 bits per heavy atom. The van der Waals surface area contributed by atoms with Crippen LogP contribution < -0.4 is 4.74 Å². The highest BCUT2D eigenvalue weighted by Crippen LogP contribution is 2.25. The first-order valence-electron chi connectivity index (χ1n) is 10.3. The highest BCUT2D eigenvalue weighted by Gasteiger charge is 2.44. The molecule has 0 bridgehead atoms. The fraction of sp³-hybridized carbons (Fsp3) is 0.727. The first kappa shape index (κ1) is 23.9. The van der Waals surface area contributed by atoms with E-state index in [0.717, 1.165) is 44.3 Å². The Kier molecular flexibility index (Phi) is 13.2. The molecule has 0 radical (unpaired) electrons. The molecule has 0 fully saturated rings. The van der Waals surface area contributed by atoms with Gasteiger partial charge < -0.3 is 23.7 Å². The summed E-state index contributed by atoms with van der Waals surface area (Å²) in [7, 11) is 1.61. The van der Waals surface area contributed by atoms with E-state index in [-0.39, 0.29) is 0 Å². The van der Waals surface area contributed by atoms with Crippen molar-refractivity contribution in [2.75, 3.05) is 33.5 Å². The maximum absolute atomic E-state index is 6.12. The molecule has 1 aromatic carbocycles. The number of hydrogen-bond acceptors (Lipinski definition) is 5. The summed E-state index contributed by atoms with van der Waals surface area (Å²) in [6, 6.07) is 9.70. The average Bonchev–Trinajstić information content (AvgIpc) is 2.70. The van der Waals surface area contributed by atoms with Crippen molar-refractivity contribution in [2.45, 2.75) is 71.4 Å². The van der Waals surface area contributed by atoms with Gasteiger partial charge in [-0.25, -0.2) is 0 Å². The molecule has 0 aliphatic rings. The highest BCUT2D eigenvalue weighted by atomic mass is 16.9. The van der Waals surface area contributed by atoms with Gasteiger partial charge in [-0.3, -0.25) is 0 Å². The Morgan fingerprint density at radius 2 is 1.37 bits per heavy atom. The molecule has 27 heavy (non-hydrogen) atoms. The molecule has 1 unspecified atom stereocenters. The lowest BCUT2D eigenvalue weighted by Gasteiger charge is -2.38. The van der Waals surface area contributed by atoms with Gasteiger partial charge >= 0.3 is 5.97 Å². The smallest absolute Gasteiger partial charge is 0.314 e. The second-order valence-electron chi connectivity index (χ2n) is 6.55. The maximum atomic E-state index is 6.12. The van der Waals surface area contributed by atoms with E-state index in [2.05, 4.69) is 20.8 Å². The summed E-state index contributed by atoms with van der Waals surface area (Å²) >= 11 is 0.